The summed E-state index contributed by atoms with van der Waals surface area (Å²) in [5.41, 5.74) is 10.4. The van der Waals surface area contributed by atoms with Gasteiger partial charge in [-0.1, -0.05) is 44.4 Å². The van der Waals surface area contributed by atoms with E-state index in [0.717, 1.165) is 59.6 Å². The highest BCUT2D eigenvalue weighted by molar-refractivity contribution is 7.85. The Bertz CT molecular complexity index is 1920. The lowest BCUT2D eigenvalue weighted by Gasteiger charge is -2.32. The van der Waals surface area contributed by atoms with Crippen LogP contribution in [0.15, 0.2) is 82.1 Å². The first kappa shape index (κ1) is 37.2. The molecule has 0 saturated carbocycles. The number of aliphatic hydroxyl groups excluding tert-OH is 1. The summed E-state index contributed by atoms with van der Waals surface area (Å²) in [4.78, 5) is 28.0. The van der Waals surface area contributed by atoms with E-state index in [0.29, 0.717) is 45.4 Å². The largest absolute Gasteiger partial charge is 0.506 e. The van der Waals surface area contributed by atoms with E-state index in [9.17, 15) is 27.7 Å². The summed E-state index contributed by atoms with van der Waals surface area (Å²) >= 11 is 0. The van der Waals surface area contributed by atoms with Crippen LogP contribution < -0.4 is 16.0 Å². The van der Waals surface area contributed by atoms with Crippen LogP contribution in [-0.2, 0) is 30.5 Å². The summed E-state index contributed by atoms with van der Waals surface area (Å²) in [6, 6.07) is 12.8. The molecule has 10 nitrogen and oxygen atoms in total. The topological polar surface area (TPSA) is 153 Å². The molecule has 3 aliphatic rings. The Hall–Kier alpha value is -4.06. The van der Waals surface area contributed by atoms with Gasteiger partial charge in [0, 0.05) is 60.6 Å². The standard InChI is InChI=1S/C39H50N4O6S/c1-6-8-22-43-32-18-17-26(50(47,48)49)23-30(32)39(5,19-13-9-10-16-35(44)41-21-20-40)34(43)25-28-36(45)27(37(28)46)24-33-38(3,4)29-14-11-12-15-31(29)42(33)7-2/h11-12,14-15,17-18,23-25H,6-10,13,16,19-22,40H2,1-5H3,(H2-,41,44,45,46,47,48,49)/p+1. The Kier molecular flexibility index (Phi) is 10.9. The maximum absolute atomic E-state index is 13.9. The van der Waals surface area contributed by atoms with Crippen molar-refractivity contribution in [3.05, 3.63) is 88.3 Å². The van der Waals surface area contributed by atoms with Gasteiger partial charge in [-0.3, -0.25) is 14.1 Å². The first-order valence-electron chi connectivity index (χ1n) is 17.7. The smallest absolute Gasteiger partial charge is 0.294 e. The quantitative estimate of drug-likeness (QED) is 0.0748. The minimum absolute atomic E-state index is 0.0446. The monoisotopic (exact) mass is 703 g/mol. The number of fused-ring (bicyclic) bond motifs is 2. The molecule has 1 unspecified atom stereocenters. The first-order valence-corrected chi connectivity index (χ1v) is 19.2. The number of hydrogen-bond donors (Lipinski definition) is 4. The minimum Gasteiger partial charge on any atom is -0.506 e. The van der Waals surface area contributed by atoms with E-state index in [1.54, 1.807) is 12.1 Å². The fourth-order valence-electron chi connectivity index (χ4n) is 7.64. The second-order valence-corrected chi connectivity index (χ2v) is 15.6. The molecule has 5 N–H and O–H groups in total. The fourth-order valence-corrected chi connectivity index (χ4v) is 8.15. The molecule has 5 rings (SSSR count). The van der Waals surface area contributed by atoms with Gasteiger partial charge >= 0.3 is 0 Å². The van der Waals surface area contributed by atoms with Crippen molar-refractivity contribution in [3.63, 3.8) is 0 Å². The normalized spacial score (nSPS) is 21.3. The van der Waals surface area contributed by atoms with Crippen molar-refractivity contribution in [2.75, 3.05) is 31.1 Å². The molecule has 11 heteroatoms. The van der Waals surface area contributed by atoms with Crippen LogP contribution in [0.2, 0.25) is 0 Å². The molecule has 2 aromatic carbocycles. The summed E-state index contributed by atoms with van der Waals surface area (Å²) < 4.78 is 36.7. The molecule has 0 spiro atoms. The number of nitrogens with two attached hydrogens (primary N) is 1. The van der Waals surface area contributed by atoms with Crippen molar-refractivity contribution in [1.82, 2.24) is 5.32 Å². The number of amides is 1. The molecule has 0 saturated heterocycles. The Morgan fingerprint density at radius 3 is 2.42 bits per heavy atom. The number of nitrogens with one attached hydrogen (secondary N) is 1. The van der Waals surface area contributed by atoms with Crippen LogP contribution in [-0.4, -0.2) is 66.2 Å². The van der Waals surface area contributed by atoms with Gasteiger partial charge in [-0.05, 0) is 76.8 Å². The zero-order valence-corrected chi connectivity index (χ0v) is 30.7. The molecule has 0 radical (unpaired) electrons. The lowest BCUT2D eigenvalue weighted by molar-refractivity contribution is -0.433. The Balaban J connectivity index is 1.54. The van der Waals surface area contributed by atoms with Gasteiger partial charge in [0.05, 0.1) is 21.5 Å². The Morgan fingerprint density at radius 1 is 1.02 bits per heavy atom. The zero-order chi connectivity index (χ0) is 36.4. The Labute approximate surface area is 296 Å². The predicted molar refractivity (Wildman–Crippen MR) is 197 cm³/mol. The molecule has 50 heavy (non-hydrogen) atoms. The number of unbranched alkanes of at least 4 members (excludes halogenated alkanes) is 3. The van der Waals surface area contributed by atoms with Gasteiger partial charge in [0.2, 0.25) is 17.4 Å². The second-order valence-electron chi connectivity index (χ2n) is 14.1. The third-order valence-corrected chi connectivity index (χ3v) is 11.3. The SMILES string of the molecule is CCCCN1C(=CC2=C(O)C(=CC3=[N+](CC)c4ccccc4C3(C)C)C2=O)C(C)(CCCCCC(=O)NCCN)c2cc(S(=O)(=O)O)ccc21. The van der Waals surface area contributed by atoms with Crippen molar-refractivity contribution >= 4 is 38.9 Å². The van der Waals surface area contributed by atoms with E-state index in [4.69, 9.17) is 5.73 Å². The molecule has 1 aliphatic carbocycles. The van der Waals surface area contributed by atoms with Gasteiger partial charge in [-0.15, -0.1) is 0 Å². The summed E-state index contributed by atoms with van der Waals surface area (Å²) in [7, 11) is -4.47. The molecular formula is C39H51N4O6S+. The van der Waals surface area contributed by atoms with Crippen LogP contribution in [0.1, 0.15) is 90.7 Å². The molecule has 2 aromatic rings. The highest BCUT2D eigenvalue weighted by Crippen LogP contribution is 2.52. The lowest BCUT2D eigenvalue weighted by Crippen LogP contribution is -2.33. The van der Waals surface area contributed by atoms with Crippen LogP contribution in [0.3, 0.4) is 0 Å². The molecule has 0 aromatic heterocycles. The van der Waals surface area contributed by atoms with Crippen LogP contribution >= 0.6 is 0 Å². The van der Waals surface area contributed by atoms with Crippen LogP contribution in [0.5, 0.6) is 0 Å². The Morgan fingerprint density at radius 2 is 1.76 bits per heavy atom. The van der Waals surface area contributed by atoms with Crippen molar-refractivity contribution < 1.29 is 32.2 Å². The van der Waals surface area contributed by atoms with Crippen molar-refractivity contribution in [1.29, 1.82) is 0 Å². The van der Waals surface area contributed by atoms with Crippen molar-refractivity contribution in [2.24, 2.45) is 5.73 Å². The van der Waals surface area contributed by atoms with E-state index in [2.05, 4.69) is 54.6 Å². The third-order valence-electron chi connectivity index (χ3n) is 10.5. The number of rotatable bonds is 15. The molecule has 0 fully saturated rings. The minimum atomic E-state index is -4.47. The molecule has 2 heterocycles. The van der Waals surface area contributed by atoms with Crippen LogP contribution in [0.4, 0.5) is 11.4 Å². The van der Waals surface area contributed by atoms with E-state index < -0.39 is 15.5 Å². The zero-order valence-electron chi connectivity index (χ0n) is 29.9. The molecule has 2 aliphatic heterocycles. The highest BCUT2D eigenvalue weighted by atomic mass is 32.2. The van der Waals surface area contributed by atoms with Gasteiger partial charge in [-0.25, -0.2) is 0 Å². The van der Waals surface area contributed by atoms with Crippen LogP contribution in [0.25, 0.3) is 0 Å². The second kappa shape index (κ2) is 14.7. The van der Waals surface area contributed by atoms with Gasteiger partial charge in [-0.2, -0.15) is 13.0 Å². The van der Waals surface area contributed by atoms with Crippen molar-refractivity contribution in [2.45, 2.75) is 95.3 Å². The molecule has 268 valence electrons. The third kappa shape index (κ3) is 6.83. The first-order chi connectivity index (χ1) is 23.7. The number of aliphatic hydroxyl groups is 1. The van der Waals surface area contributed by atoms with Gasteiger partial charge in [0.25, 0.3) is 10.1 Å². The van der Waals surface area contributed by atoms with Gasteiger partial charge in [0.15, 0.2) is 5.71 Å². The number of carbonyl (C=O) groups is 2. The molecule has 1 amide bonds. The van der Waals surface area contributed by atoms with Crippen molar-refractivity contribution in [3.8, 4) is 0 Å². The number of carbonyl (C=O) groups excluding carboxylic acids is 2. The highest BCUT2D eigenvalue weighted by Gasteiger charge is 2.48. The molecule has 1 atom stereocenters. The molecule has 0 bridgehead atoms. The van der Waals surface area contributed by atoms with E-state index in [-0.39, 0.29) is 38.9 Å². The number of anilines is 1. The molecular weight excluding hydrogens is 653 g/mol. The number of para-hydroxylation sites is 1. The lowest BCUT2D eigenvalue weighted by atomic mass is 9.75. The summed E-state index contributed by atoms with van der Waals surface area (Å²) in [6.07, 6.45) is 8.48. The maximum atomic E-state index is 13.9. The number of Topliss-reactive ketones (excluding diaryl/α,β-unsaturated/α-hetero) is 1. The van der Waals surface area contributed by atoms with Gasteiger partial charge < -0.3 is 21.1 Å². The number of benzene rings is 2. The van der Waals surface area contributed by atoms with E-state index >= 15 is 0 Å². The average molecular weight is 704 g/mol. The maximum Gasteiger partial charge on any atom is 0.294 e. The summed E-state index contributed by atoms with van der Waals surface area (Å²) in [5.74, 6) is -0.355. The number of nitrogens with zero attached hydrogens (tertiary/aromatic N) is 2. The number of allylic oxidation sites excluding steroid dienone is 5. The predicted octanol–water partition coefficient (Wildman–Crippen LogP) is 6.14. The number of hydrogen-bond acceptors (Lipinski definition) is 7. The fraction of sp³-hybridized carbons (Fsp3) is 0.462. The van der Waals surface area contributed by atoms with E-state index in [1.807, 2.05) is 25.1 Å². The number of ketones is 1. The van der Waals surface area contributed by atoms with Gasteiger partial charge in [0.1, 0.15) is 12.3 Å². The summed E-state index contributed by atoms with van der Waals surface area (Å²) in [5, 5.41) is 14.3. The average Bonchev–Trinajstić information content (AvgIpc) is 3.45. The summed E-state index contributed by atoms with van der Waals surface area (Å²) in [6.45, 7) is 12.6. The van der Waals surface area contributed by atoms with E-state index in [1.165, 1.54) is 12.1 Å². The van der Waals surface area contributed by atoms with Crippen LogP contribution in [0, 0.1) is 0 Å².